The molecule has 0 bridgehead atoms. The summed E-state index contributed by atoms with van der Waals surface area (Å²) in [5.74, 6) is 3.30. The van der Waals surface area contributed by atoms with Crippen molar-refractivity contribution in [3.05, 3.63) is 88.7 Å². The Kier molecular flexibility index (Phi) is 6.88. The molecule has 0 aliphatic heterocycles. The second kappa shape index (κ2) is 10.5. The van der Waals surface area contributed by atoms with Crippen LogP contribution in [0.4, 0.5) is 4.39 Å². The lowest BCUT2D eigenvalue weighted by atomic mass is 9.55. The number of aromatic hydroxyl groups is 1. The summed E-state index contributed by atoms with van der Waals surface area (Å²) in [6.45, 7) is 2.70. The van der Waals surface area contributed by atoms with E-state index in [0.717, 1.165) is 42.6 Å². The van der Waals surface area contributed by atoms with Gasteiger partial charge in [-0.1, -0.05) is 13.0 Å². The van der Waals surface area contributed by atoms with Gasteiger partial charge < -0.3 is 14.6 Å². The highest BCUT2D eigenvalue weighted by molar-refractivity contribution is 5.93. The van der Waals surface area contributed by atoms with Crippen LogP contribution in [0, 0.1) is 23.1 Å². The van der Waals surface area contributed by atoms with E-state index < -0.39 is 0 Å². The first-order valence-electron chi connectivity index (χ1n) is 13.9. The van der Waals surface area contributed by atoms with Gasteiger partial charge in [0, 0.05) is 16.7 Å². The van der Waals surface area contributed by atoms with Gasteiger partial charge in [-0.25, -0.2) is 4.39 Å². The molecule has 39 heavy (non-hydrogen) atoms. The molecule has 2 fully saturated rings. The van der Waals surface area contributed by atoms with Gasteiger partial charge in [0.15, 0.2) is 0 Å². The number of phenolic OH excluding ortho intramolecular Hbond substituents is 1. The van der Waals surface area contributed by atoms with Gasteiger partial charge in [0.25, 0.3) is 0 Å². The monoisotopic (exact) mass is 526 g/mol. The molecule has 0 aromatic heterocycles. The Labute approximate surface area is 229 Å². The third-order valence-corrected chi connectivity index (χ3v) is 9.35. The Morgan fingerprint density at radius 1 is 1.03 bits per heavy atom. The molecule has 6 heteroatoms. The van der Waals surface area contributed by atoms with Gasteiger partial charge in [-0.3, -0.25) is 0 Å². The zero-order chi connectivity index (χ0) is 27.0. The zero-order valence-corrected chi connectivity index (χ0v) is 22.6. The molecule has 4 atom stereocenters. The normalized spacial score (nSPS) is 26.7. The summed E-state index contributed by atoms with van der Waals surface area (Å²) in [5, 5.41) is 19.3. The van der Waals surface area contributed by atoms with E-state index in [1.54, 1.807) is 25.5 Å². The number of halogens is 1. The first-order valence-corrected chi connectivity index (χ1v) is 13.9. The van der Waals surface area contributed by atoms with Crippen LogP contribution in [0.25, 0.3) is 0 Å². The van der Waals surface area contributed by atoms with E-state index in [0.29, 0.717) is 35.9 Å². The third kappa shape index (κ3) is 4.93. The SMILES string of the molecule is COc1ccc(C=NN=C2CC[C@@H]3[C@@H]4CCc5cc(O)ccc5[C@@H]4CC[C@]23C)cc1COc1ccc(F)cc1. The number of methoxy groups -OCH3 is 1. The molecular weight excluding hydrogens is 491 g/mol. The minimum Gasteiger partial charge on any atom is -0.508 e. The molecule has 0 saturated heterocycles. The van der Waals surface area contributed by atoms with E-state index in [2.05, 4.69) is 18.1 Å². The predicted octanol–water partition coefficient (Wildman–Crippen LogP) is 7.45. The highest BCUT2D eigenvalue weighted by atomic mass is 19.1. The Bertz CT molecular complexity index is 1420. The molecule has 3 aromatic rings. The zero-order valence-electron chi connectivity index (χ0n) is 22.6. The molecule has 0 heterocycles. The molecule has 0 spiro atoms. The largest absolute Gasteiger partial charge is 0.508 e. The van der Waals surface area contributed by atoms with Crippen LogP contribution in [0.5, 0.6) is 17.2 Å². The van der Waals surface area contributed by atoms with Gasteiger partial charge in [-0.05, 0) is 128 Å². The summed E-state index contributed by atoms with van der Waals surface area (Å²) in [6, 6.07) is 17.8. The van der Waals surface area contributed by atoms with Crippen LogP contribution in [0.3, 0.4) is 0 Å². The molecule has 0 radical (unpaired) electrons. The summed E-state index contributed by atoms with van der Waals surface area (Å²) >= 11 is 0. The van der Waals surface area contributed by atoms with Crippen LogP contribution < -0.4 is 9.47 Å². The van der Waals surface area contributed by atoms with E-state index in [4.69, 9.17) is 14.6 Å². The van der Waals surface area contributed by atoms with Crippen molar-refractivity contribution in [2.24, 2.45) is 27.5 Å². The molecule has 2 saturated carbocycles. The number of nitrogens with zero attached hydrogens (tertiary/aromatic N) is 2. The molecule has 6 rings (SSSR count). The second-order valence-corrected chi connectivity index (χ2v) is 11.4. The number of benzene rings is 3. The van der Waals surface area contributed by atoms with E-state index >= 15 is 0 Å². The topological polar surface area (TPSA) is 63.4 Å². The van der Waals surface area contributed by atoms with Gasteiger partial charge >= 0.3 is 0 Å². The second-order valence-electron chi connectivity index (χ2n) is 11.4. The quantitative estimate of drug-likeness (QED) is 0.268. The summed E-state index contributed by atoms with van der Waals surface area (Å²) in [7, 11) is 1.64. The highest BCUT2D eigenvalue weighted by Crippen LogP contribution is 2.60. The fourth-order valence-electron chi connectivity index (χ4n) is 7.37. The van der Waals surface area contributed by atoms with Crippen molar-refractivity contribution in [3.8, 4) is 17.2 Å². The Balaban J connectivity index is 1.16. The van der Waals surface area contributed by atoms with Crippen LogP contribution >= 0.6 is 0 Å². The minimum atomic E-state index is -0.291. The maximum Gasteiger partial charge on any atom is 0.125 e. The number of hydrogen-bond acceptors (Lipinski definition) is 5. The molecule has 1 N–H and O–H groups in total. The molecule has 0 amide bonds. The van der Waals surface area contributed by atoms with Crippen LogP contribution in [0.2, 0.25) is 0 Å². The summed E-state index contributed by atoms with van der Waals surface area (Å²) in [6.07, 6.45) is 8.50. The van der Waals surface area contributed by atoms with Gasteiger partial charge in [-0.2, -0.15) is 10.2 Å². The lowest BCUT2D eigenvalue weighted by Crippen LogP contribution is -2.42. The first kappa shape index (κ1) is 25.6. The third-order valence-electron chi connectivity index (χ3n) is 9.35. The van der Waals surface area contributed by atoms with Crippen molar-refractivity contribution in [2.45, 2.75) is 58.0 Å². The highest BCUT2D eigenvalue weighted by Gasteiger charge is 2.53. The predicted molar refractivity (Wildman–Crippen MR) is 151 cm³/mol. The Hall–Kier alpha value is -3.67. The maximum absolute atomic E-state index is 13.2. The number of ether oxygens (including phenoxy) is 2. The van der Waals surface area contributed by atoms with E-state index in [9.17, 15) is 9.50 Å². The fourth-order valence-corrected chi connectivity index (χ4v) is 7.37. The van der Waals surface area contributed by atoms with Crippen molar-refractivity contribution in [1.29, 1.82) is 0 Å². The first-order chi connectivity index (χ1) is 18.9. The molecule has 202 valence electrons. The molecule has 3 aliphatic rings. The van der Waals surface area contributed by atoms with Gasteiger partial charge in [0.1, 0.15) is 29.7 Å². The lowest BCUT2D eigenvalue weighted by Gasteiger charge is -2.49. The van der Waals surface area contributed by atoms with Crippen molar-refractivity contribution in [3.63, 3.8) is 0 Å². The minimum absolute atomic E-state index is 0.0982. The Morgan fingerprint density at radius 3 is 2.69 bits per heavy atom. The average molecular weight is 527 g/mol. The van der Waals surface area contributed by atoms with Gasteiger partial charge in [-0.15, -0.1) is 0 Å². The summed E-state index contributed by atoms with van der Waals surface area (Å²) in [4.78, 5) is 0. The standard InChI is InChI=1S/C33H35FN2O3/c1-33-16-15-28-27-11-7-25(37)18-22(27)4-10-29(28)30(33)12-14-32(33)36-35-19-21-3-13-31(38-2)23(17-21)20-39-26-8-5-24(34)6-9-26/h3,5-9,11,13,17-19,28-30,37H,4,10,12,14-16,20H2,1-2H3/t28-,29+,30+,33-/m0/s1. The van der Waals surface area contributed by atoms with Gasteiger partial charge in [0.05, 0.1) is 13.3 Å². The van der Waals surface area contributed by atoms with Crippen LogP contribution in [-0.4, -0.2) is 24.1 Å². The van der Waals surface area contributed by atoms with Gasteiger partial charge in [0.2, 0.25) is 0 Å². The van der Waals surface area contributed by atoms with Crippen molar-refractivity contribution in [1.82, 2.24) is 0 Å². The number of rotatable bonds is 6. The molecule has 0 unspecified atom stereocenters. The van der Waals surface area contributed by atoms with Crippen LogP contribution in [0.15, 0.2) is 70.9 Å². The van der Waals surface area contributed by atoms with E-state index in [1.807, 2.05) is 30.3 Å². The molecule has 5 nitrogen and oxygen atoms in total. The number of hydrogen-bond donors (Lipinski definition) is 1. The Morgan fingerprint density at radius 2 is 1.87 bits per heavy atom. The van der Waals surface area contributed by atoms with Crippen molar-refractivity contribution >= 4 is 11.9 Å². The fraction of sp³-hybridized carbons (Fsp3) is 0.394. The van der Waals surface area contributed by atoms with Crippen molar-refractivity contribution < 1.29 is 19.0 Å². The molecule has 3 aliphatic carbocycles. The van der Waals surface area contributed by atoms with Crippen molar-refractivity contribution in [2.75, 3.05) is 7.11 Å². The molecular formula is C33H35FN2O3. The van der Waals surface area contributed by atoms with E-state index in [1.165, 1.54) is 41.8 Å². The lowest BCUT2D eigenvalue weighted by molar-refractivity contribution is 0.0955. The number of fused-ring (bicyclic) bond motifs is 5. The summed E-state index contributed by atoms with van der Waals surface area (Å²) < 4.78 is 24.6. The average Bonchev–Trinajstić information content (AvgIpc) is 3.28. The van der Waals surface area contributed by atoms with E-state index in [-0.39, 0.29) is 11.2 Å². The smallest absolute Gasteiger partial charge is 0.125 e. The van der Waals surface area contributed by atoms with Crippen LogP contribution in [0.1, 0.15) is 67.2 Å². The number of phenols is 1. The molecule has 3 aromatic carbocycles. The summed E-state index contributed by atoms with van der Waals surface area (Å²) in [5.41, 5.74) is 5.92. The maximum atomic E-state index is 13.2. The van der Waals surface area contributed by atoms with Crippen LogP contribution in [-0.2, 0) is 13.0 Å². The number of aryl methyl sites for hydroxylation is 1.